The number of allylic oxidation sites excluding steroid dienone is 5. The summed E-state index contributed by atoms with van der Waals surface area (Å²) in [5.41, 5.74) is 39.3. The molecule has 0 unspecified atom stereocenters. The SMILES string of the molecule is C/C=C\c1c(C)c2c(-c3cccc(N(c4ccc(-c5ccccc5)cc4)c4ccc(-c5ccc(C6=C=C=CC=C6)cc5)cc4)c3)cccc2n1-c1cccc(-c2cccc(-c3ccc(N(c4ccc(-c5ccccc5)cc4)c4cccc(-c5cccc6c5c5ccccc5n6-c5ccccc5)c4)cc3)c2)c1. The molecule has 106 heavy (non-hydrogen) atoms. The third-order valence-corrected chi connectivity index (χ3v) is 20.7. The predicted octanol–water partition coefficient (Wildman–Crippen LogP) is 27.9. The van der Waals surface area contributed by atoms with Crippen molar-refractivity contribution < 1.29 is 0 Å². The van der Waals surface area contributed by atoms with Gasteiger partial charge in [0.1, 0.15) is 0 Å². The van der Waals surface area contributed by atoms with Gasteiger partial charge in [0.15, 0.2) is 0 Å². The van der Waals surface area contributed by atoms with Gasteiger partial charge in [-0.05, 0) is 242 Å². The van der Waals surface area contributed by atoms with Gasteiger partial charge < -0.3 is 18.9 Å². The van der Waals surface area contributed by atoms with Crippen molar-refractivity contribution in [2.45, 2.75) is 13.8 Å². The molecule has 0 spiro atoms. The first-order valence-corrected chi connectivity index (χ1v) is 36.3. The van der Waals surface area contributed by atoms with Gasteiger partial charge in [-0.25, -0.2) is 0 Å². The van der Waals surface area contributed by atoms with Crippen molar-refractivity contribution in [2.75, 3.05) is 9.80 Å². The van der Waals surface area contributed by atoms with Crippen molar-refractivity contribution in [1.82, 2.24) is 9.13 Å². The smallest absolute Gasteiger partial charge is 0.0547 e. The van der Waals surface area contributed by atoms with Crippen LogP contribution < -0.4 is 9.80 Å². The van der Waals surface area contributed by atoms with Crippen molar-refractivity contribution in [3.05, 3.63) is 423 Å². The van der Waals surface area contributed by atoms with Crippen LogP contribution in [0.15, 0.2) is 406 Å². The molecule has 0 amide bonds. The highest BCUT2D eigenvalue weighted by Gasteiger charge is 2.23. The first-order chi connectivity index (χ1) is 52.4. The van der Waals surface area contributed by atoms with Gasteiger partial charge in [-0.1, -0.05) is 272 Å². The number of para-hydroxylation sites is 2. The summed E-state index contributed by atoms with van der Waals surface area (Å²) in [7, 11) is 0. The summed E-state index contributed by atoms with van der Waals surface area (Å²) >= 11 is 0. The van der Waals surface area contributed by atoms with Gasteiger partial charge in [0.25, 0.3) is 0 Å². The summed E-state index contributed by atoms with van der Waals surface area (Å²) in [4.78, 5) is 4.77. The van der Waals surface area contributed by atoms with Crippen LogP contribution in [0.4, 0.5) is 34.1 Å². The van der Waals surface area contributed by atoms with Gasteiger partial charge in [-0.15, -0.1) is 0 Å². The van der Waals surface area contributed by atoms with E-state index in [1.807, 2.05) is 12.2 Å². The molecule has 500 valence electrons. The van der Waals surface area contributed by atoms with Gasteiger partial charge in [-0.2, -0.15) is 0 Å². The Kier molecular flexibility index (Phi) is 17.0. The second kappa shape index (κ2) is 28.1. The molecule has 1 aliphatic rings. The van der Waals surface area contributed by atoms with Crippen molar-refractivity contribution in [3.63, 3.8) is 0 Å². The second-order valence-electron chi connectivity index (χ2n) is 27.0. The highest BCUT2D eigenvalue weighted by Crippen LogP contribution is 2.46. The third kappa shape index (κ3) is 12.2. The number of fused-ring (bicyclic) bond motifs is 4. The fourth-order valence-corrected chi connectivity index (χ4v) is 15.6. The lowest BCUT2D eigenvalue weighted by Crippen LogP contribution is -2.10. The molecule has 0 radical (unpaired) electrons. The normalized spacial score (nSPS) is 11.8. The van der Waals surface area contributed by atoms with Crippen molar-refractivity contribution >= 4 is 78.5 Å². The zero-order valence-electron chi connectivity index (χ0n) is 58.9. The molecule has 2 heterocycles. The first-order valence-electron chi connectivity index (χ1n) is 36.3. The molecule has 0 bridgehead atoms. The Labute approximate surface area is 619 Å². The Morgan fingerprint density at radius 2 is 0.679 bits per heavy atom. The molecule has 4 nitrogen and oxygen atoms in total. The van der Waals surface area contributed by atoms with Gasteiger partial charge in [0, 0.05) is 72.9 Å². The molecule has 4 heteroatoms. The molecule has 0 N–H and O–H groups in total. The van der Waals surface area contributed by atoms with Crippen LogP contribution in [-0.2, 0) is 0 Å². The minimum atomic E-state index is 1.03. The molecule has 2 aromatic heterocycles. The topological polar surface area (TPSA) is 16.3 Å². The van der Waals surface area contributed by atoms with Crippen LogP contribution in [-0.4, -0.2) is 9.13 Å². The summed E-state index contributed by atoms with van der Waals surface area (Å²) in [5, 5.41) is 3.68. The molecule has 1 aliphatic carbocycles. The number of benzene rings is 15. The van der Waals surface area contributed by atoms with Gasteiger partial charge >= 0.3 is 0 Å². The Hall–Kier alpha value is -14.0. The van der Waals surface area contributed by atoms with Crippen LogP contribution in [0.5, 0.6) is 0 Å². The van der Waals surface area contributed by atoms with Crippen LogP contribution in [0.2, 0.25) is 0 Å². The van der Waals surface area contributed by atoms with E-state index in [0.29, 0.717) is 0 Å². The standard InChI is InChI=1S/C102H72N4/c1-3-24-97-71(2)101-94(84-34-20-38-91(69-84)103(87-59-51-77(52-60-87)73-27-10-5-11-28-73)89-63-55-79(56-64-89)76-49-47-75(48-50-76)72-25-8-4-9-26-72)42-22-45-99(101)106(97)93-40-19-33-83(68-93)82-32-18-31-81(67-82)80-57-65-90(66-58-80)104(88-61-53-78(54-62-88)74-29-12-6-13-30-74)92-39-21-35-85(70-92)95-43-23-46-100-102(95)96-41-16-17-44-98(96)105(100)86-36-14-7-15-37-86/h3-8,10-25,27-70H,1-2H3/b24-3-. The van der Waals surface area contributed by atoms with Gasteiger partial charge in [-0.3, -0.25) is 0 Å². The van der Waals surface area contributed by atoms with Crippen LogP contribution in [0.3, 0.4) is 0 Å². The number of hydrogen-bond donors (Lipinski definition) is 0. The first kappa shape index (κ1) is 64.1. The minimum Gasteiger partial charge on any atom is -0.310 e. The number of hydrogen-bond acceptors (Lipinski definition) is 2. The Morgan fingerprint density at radius 1 is 0.292 bits per heavy atom. The third-order valence-electron chi connectivity index (χ3n) is 20.7. The summed E-state index contributed by atoms with van der Waals surface area (Å²) in [6, 6.07) is 135. The summed E-state index contributed by atoms with van der Waals surface area (Å²) in [6.45, 7) is 4.39. The fourth-order valence-electron chi connectivity index (χ4n) is 15.6. The molecule has 0 atom stereocenters. The molecular formula is C102H72N4. The van der Waals surface area contributed by atoms with Gasteiger partial charge in [0.2, 0.25) is 0 Å². The molecule has 0 saturated heterocycles. The molecule has 17 aromatic rings. The molecule has 18 rings (SSSR count). The van der Waals surface area contributed by atoms with Crippen molar-refractivity contribution in [3.8, 4) is 89.3 Å². The molecule has 0 fully saturated rings. The maximum Gasteiger partial charge on any atom is 0.0547 e. The fraction of sp³-hybridized carbons (Fsp3) is 0.0196. The zero-order chi connectivity index (χ0) is 70.9. The lowest BCUT2D eigenvalue weighted by Gasteiger charge is -2.26. The molecule has 0 saturated carbocycles. The zero-order valence-corrected chi connectivity index (χ0v) is 58.9. The molecular weight excluding hydrogens is 1280 g/mol. The number of aryl methyl sites for hydroxylation is 1. The van der Waals surface area contributed by atoms with E-state index in [4.69, 9.17) is 0 Å². The maximum absolute atomic E-state index is 3.25. The summed E-state index contributed by atoms with van der Waals surface area (Å²) in [5.74, 6) is 0. The maximum atomic E-state index is 3.25. The number of nitrogens with zero attached hydrogens (tertiary/aromatic N) is 4. The average Bonchev–Trinajstić information content (AvgIpc) is 1.33. The lowest BCUT2D eigenvalue weighted by molar-refractivity contribution is 1.10. The van der Waals surface area contributed by atoms with E-state index in [0.717, 1.165) is 112 Å². The van der Waals surface area contributed by atoms with Crippen molar-refractivity contribution in [1.29, 1.82) is 0 Å². The Balaban J connectivity index is 0.669. The lowest BCUT2D eigenvalue weighted by atomic mass is 9.97. The Morgan fingerprint density at radius 3 is 1.21 bits per heavy atom. The van der Waals surface area contributed by atoms with E-state index in [1.165, 1.54) is 66.1 Å². The number of rotatable bonds is 17. The van der Waals surface area contributed by atoms with Gasteiger partial charge in [0.05, 0.1) is 16.6 Å². The largest absolute Gasteiger partial charge is 0.310 e. The van der Waals surface area contributed by atoms with Crippen LogP contribution in [0.1, 0.15) is 23.7 Å². The average molecular weight is 1350 g/mol. The number of anilines is 6. The van der Waals surface area contributed by atoms with E-state index < -0.39 is 0 Å². The minimum absolute atomic E-state index is 1.03. The quantitative estimate of drug-likeness (QED) is 0.0845. The number of aromatic nitrogens is 2. The van der Waals surface area contributed by atoms with E-state index in [-0.39, 0.29) is 0 Å². The predicted molar refractivity (Wildman–Crippen MR) is 449 cm³/mol. The van der Waals surface area contributed by atoms with E-state index in [1.54, 1.807) is 0 Å². The molecule has 15 aromatic carbocycles. The summed E-state index contributed by atoms with van der Waals surface area (Å²) in [6.07, 6.45) is 10.4. The second-order valence-corrected chi connectivity index (χ2v) is 27.0. The summed E-state index contributed by atoms with van der Waals surface area (Å²) < 4.78 is 4.84. The van der Waals surface area contributed by atoms with Crippen LogP contribution in [0, 0.1) is 6.92 Å². The highest BCUT2D eigenvalue weighted by molar-refractivity contribution is 6.16. The highest BCUT2D eigenvalue weighted by atomic mass is 15.1. The monoisotopic (exact) mass is 1350 g/mol. The van der Waals surface area contributed by atoms with Crippen LogP contribution in [0.25, 0.3) is 134 Å². The Bertz CT molecular complexity index is 6300. The van der Waals surface area contributed by atoms with E-state index in [9.17, 15) is 0 Å². The van der Waals surface area contributed by atoms with E-state index in [2.05, 4.69) is 433 Å². The van der Waals surface area contributed by atoms with E-state index >= 15 is 0 Å². The van der Waals surface area contributed by atoms with Crippen molar-refractivity contribution in [2.24, 2.45) is 0 Å². The van der Waals surface area contributed by atoms with Crippen LogP contribution >= 0.6 is 0 Å². The molecule has 0 aliphatic heterocycles.